The lowest BCUT2D eigenvalue weighted by atomic mass is 9.98. The summed E-state index contributed by atoms with van der Waals surface area (Å²) < 4.78 is 92.9. The molecule has 1 aromatic heterocycles. The zero-order valence-electron chi connectivity index (χ0n) is 15.1. The highest BCUT2D eigenvalue weighted by atomic mass is 79.9. The number of anilines is 2. The number of carbonyl (C=O) groups excluding carboxylic acids is 1. The summed E-state index contributed by atoms with van der Waals surface area (Å²) in [7, 11) is 0. The van der Waals surface area contributed by atoms with Gasteiger partial charge in [-0.25, -0.2) is 9.37 Å². The number of benzene rings is 2. The lowest BCUT2D eigenvalue weighted by Crippen LogP contribution is -2.50. The quantitative estimate of drug-likeness (QED) is 0.415. The molecule has 0 atom stereocenters. The molecule has 0 saturated carbocycles. The van der Waals surface area contributed by atoms with Crippen LogP contribution in [0.15, 0.2) is 53.0 Å². The molecule has 0 spiro atoms. The van der Waals surface area contributed by atoms with Crippen LogP contribution in [0.4, 0.5) is 42.1 Å². The molecule has 164 valence electrons. The van der Waals surface area contributed by atoms with E-state index in [9.17, 15) is 35.5 Å². The van der Waals surface area contributed by atoms with E-state index in [-0.39, 0.29) is 22.2 Å². The Hall–Kier alpha value is -2.89. The summed E-state index contributed by atoms with van der Waals surface area (Å²) in [5, 5.41) is 3.00. The molecule has 0 aliphatic rings. The number of fused-ring (bicyclic) bond motifs is 1. The maximum absolute atomic E-state index is 14.3. The van der Waals surface area contributed by atoms with E-state index in [1.54, 1.807) is 6.07 Å². The van der Waals surface area contributed by atoms with Gasteiger partial charge in [-0.2, -0.15) is 26.3 Å². The largest absolute Gasteiger partial charge is 0.437 e. The number of aromatic nitrogens is 1. The molecule has 3 rings (SSSR count). The molecule has 12 heteroatoms. The molecule has 0 aliphatic carbocycles. The van der Waals surface area contributed by atoms with Crippen molar-refractivity contribution in [3.8, 4) is 0 Å². The van der Waals surface area contributed by atoms with E-state index in [1.165, 1.54) is 24.3 Å². The molecule has 1 heterocycles. The van der Waals surface area contributed by atoms with Gasteiger partial charge in [-0.3, -0.25) is 4.79 Å². The van der Waals surface area contributed by atoms with Crippen LogP contribution in [0, 0.1) is 0 Å². The minimum atomic E-state index is -6.27. The van der Waals surface area contributed by atoms with E-state index in [4.69, 9.17) is 5.73 Å². The second-order valence-electron chi connectivity index (χ2n) is 6.41. The van der Waals surface area contributed by atoms with Gasteiger partial charge in [0, 0.05) is 21.1 Å². The van der Waals surface area contributed by atoms with Crippen molar-refractivity contribution in [3.63, 3.8) is 0 Å². The van der Waals surface area contributed by atoms with Crippen molar-refractivity contribution in [2.24, 2.45) is 5.73 Å². The Labute approximate surface area is 178 Å². The number of amides is 1. The van der Waals surface area contributed by atoms with Crippen molar-refractivity contribution in [1.29, 1.82) is 0 Å². The van der Waals surface area contributed by atoms with Crippen LogP contribution >= 0.6 is 15.9 Å². The number of hydrogen-bond donors (Lipinski definition) is 2. The lowest BCUT2D eigenvalue weighted by Gasteiger charge is -2.29. The van der Waals surface area contributed by atoms with Crippen molar-refractivity contribution < 1.29 is 35.5 Å². The van der Waals surface area contributed by atoms with Gasteiger partial charge in [-0.1, -0.05) is 6.07 Å². The predicted octanol–water partition coefficient (Wildman–Crippen LogP) is 6.13. The molecule has 3 aromatic rings. The minimum Gasteiger partial charge on any atom is -0.366 e. The fourth-order valence-corrected chi connectivity index (χ4v) is 3.29. The number of nitrogens with zero attached hydrogens (tertiary/aromatic N) is 1. The zero-order valence-corrected chi connectivity index (χ0v) is 16.7. The first-order valence-electron chi connectivity index (χ1n) is 8.34. The maximum Gasteiger partial charge on any atom is 0.437 e. The molecule has 2 aromatic carbocycles. The average molecular weight is 510 g/mol. The van der Waals surface area contributed by atoms with Gasteiger partial charge in [0.25, 0.3) is 0 Å². The highest BCUT2D eigenvalue weighted by Gasteiger charge is 2.74. The van der Waals surface area contributed by atoms with Crippen molar-refractivity contribution in [3.05, 3.63) is 64.3 Å². The highest BCUT2D eigenvalue weighted by molar-refractivity contribution is 9.10. The number of alkyl halides is 7. The van der Waals surface area contributed by atoms with Gasteiger partial charge >= 0.3 is 18.0 Å². The van der Waals surface area contributed by atoms with Crippen molar-refractivity contribution in [2.75, 3.05) is 5.32 Å². The molecule has 0 unspecified atom stereocenters. The Morgan fingerprint density at radius 1 is 0.935 bits per heavy atom. The van der Waals surface area contributed by atoms with E-state index in [2.05, 4.69) is 26.2 Å². The average Bonchev–Trinajstić information content (AvgIpc) is 2.67. The number of hydrogen-bond acceptors (Lipinski definition) is 3. The second-order valence-corrected chi connectivity index (χ2v) is 7.26. The summed E-state index contributed by atoms with van der Waals surface area (Å²) in [5.41, 5.74) is -1.81. The monoisotopic (exact) mass is 509 g/mol. The van der Waals surface area contributed by atoms with Crippen LogP contribution < -0.4 is 11.1 Å². The number of pyridine rings is 1. The normalized spacial score (nSPS) is 12.8. The smallest absolute Gasteiger partial charge is 0.366 e. The molecule has 0 bridgehead atoms. The van der Waals surface area contributed by atoms with Gasteiger partial charge in [-0.05, 0) is 58.4 Å². The highest BCUT2D eigenvalue weighted by Crippen LogP contribution is 2.53. The Balaban J connectivity index is 2.14. The zero-order chi connectivity index (χ0) is 23.2. The standard InChI is InChI=1S/C19H11BrF7N3O/c20-12-5-6-13-11(15(12)29-10-3-1-2-9(8-10)16(28)31)4-7-14(30-13)17(21,18(22,23)24)19(25,26)27/h1-8,29H,(H2,28,31). The van der Waals surface area contributed by atoms with E-state index >= 15 is 0 Å². The lowest BCUT2D eigenvalue weighted by molar-refractivity contribution is -0.349. The number of halogens is 8. The first-order chi connectivity index (χ1) is 14.3. The van der Waals surface area contributed by atoms with Crippen LogP contribution in [0.25, 0.3) is 10.9 Å². The molecule has 0 aliphatic heterocycles. The van der Waals surface area contributed by atoms with E-state index in [1.807, 2.05) is 0 Å². The number of carbonyl (C=O) groups is 1. The molecular formula is C19H11BrF7N3O. The molecule has 1 amide bonds. The van der Waals surface area contributed by atoms with E-state index in [0.29, 0.717) is 16.2 Å². The third kappa shape index (κ3) is 4.03. The Bertz CT molecular complexity index is 1150. The molecule has 4 nitrogen and oxygen atoms in total. The fourth-order valence-electron chi connectivity index (χ4n) is 2.84. The van der Waals surface area contributed by atoms with E-state index < -0.39 is 29.6 Å². The van der Waals surface area contributed by atoms with Crippen LogP contribution in [-0.2, 0) is 5.67 Å². The molecule has 31 heavy (non-hydrogen) atoms. The summed E-state index contributed by atoms with van der Waals surface area (Å²) in [6.45, 7) is 0. The fraction of sp³-hybridized carbons (Fsp3) is 0.158. The van der Waals surface area contributed by atoms with Crippen LogP contribution in [0.5, 0.6) is 0 Å². The Morgan fingerprint density at radius 2 is 1.58 bits per heavy atom. The summed E-state index contributed by atoms with van der Waals surface area (Å²) >= 11 is 3.23. The van der Waals surface area contributed by atoms with Crippen LogP contribution in [0.1, 0.15) is 16.1 Å². The van der Waals surface area contributed by atoms with Crippen LogP contribution in [-0.4, -0.2) is 23.2 Å². The molecule has 0 fully saturated rings. The molecule has 3 N–H and O–H groups in total. The van der Waals surface area contributed by atoms with Gasteiger partial charge in [0.1, 0.15) is 0 Å². The van der Waals surface area contributed by atoms with Gasteiger partial charge < -0.3 is 11.1 Å². The van der Waals surface area contributed by atoms with Crippen molar-refractivity contribution in [1.82, 2.24) is 4.98 Å². The summed E-state index contributed by atoms with van der Waals surface area (Å²) in [6.07, 6.45) is -12.5. The van der Waals surface area contributed by atoms with Crippen LogP contribution in [0.2, 0.25) is 0 Å². The first kappa shape index (κ1) is 22.8. The number of nitrogens with two attached hydrogens (primary N) is 1. The molecule has 0 radical (unpaired) electrons. The van der Waals surface area contributed by atoms with Crippen LogP contribution in [0.3, 0.4) is 0 Å². The summed E-state index contributed by atoms with van der Waals surface area (Å²) in [6, 6.07) is 9.61. The minimum absolute atomic E-state index is 0.106. The van der Waals surface area contributed by atoms with Crippen molar-refractivity contribution >= 4 is 44.1 Å². The van der Waals surface area contributed by atoms with E-state index in [0.717, 1.165) is 12.1 Å². The molecule has 0 saturated heterocycles. The van der Waals surface area contributed by atoms with Gasteiger partial charge in [-0.15, -0.1) is 0 Å². The Kier molecular flexibility index (Phi) is 5.63. The van der Waals surface area contributed by atoms with Crippen molar-refractivity contribution in [2.45, 2.75) is 18.0 Å². The number of rotatable bonds is 4. The van der Waals surface area contributed by atoms with Gasteiger partial charge in [0.05, 0.1) is 16.9 Å². The number of nitrogens with one attached hydrogen (secondary N) is 1. The summed E-state index contributed by atoms with van der Waals surface area (Å²) in [4.78, 5) is 14.7. The summed E-state index contributed by atoms with van der Waals surface area (Å²) in [5.74, 6) is -0.703. The molecular weight excluding hydrogens is 499 g/mol. The third-order valence-corrected chi connectivity index (χ3v) is 5.03. The Morgan fingerprint density at radius 3 is 2.16 bits per heavy atom. The first-order valence-corrected chi connectivity index (χ1v) is 9.14. The maximum atomic E-state index is 14.3. The predicted molar refractivity (Wildman–Crippen MR) is 103 cm³/mol. The number of primary amides is 1. The van der Waals surface area contributed by atoms with Gasteiger partial charge in [0.15, 0.2) is 0 Å². The SMILES string of the molecule is NC(=O)c1cccc(Nc2c(Br)ccc3nc(C(F)(C(F)(F)F)C(F)(F)F)ccc23)c1. The van der Waals surface area contributed by atoms with Gasteiger partial charge in [0.2, 0.25) is 5.91 Å². The topological polar surface area (TPSA) is 68.0 Å². The second kappa shape index (κ2) is 7.66. The third-order valence-electron chi connectivity index (χ3n) is 4.37.